The third-order valence-electron chi connectivity index (χ3n) is 7.05. The summed E-state index contributed by atoms with van der Waals surface area (Å²) in [6.45, 7) is 5.82. The van der Waals surface area contributed by atoms with Crippen molar-refractivity contribution in [2.45, 2.75) is 65.2 Å². The molecule has 3 nitrogen and oxygen atoms in total. The van der Waals surface area contributed by atoms with Gasteiger partial charge in [-0.3, -0.25) is 9.59 Å². The van der Waals surface area contributed by atoms with Crippen LogP contribution in [-0.2, 0) is 16.0 Å². The van der Waals surface area contributed by atoms with E-state index < -0.39 is 0 Å². The zero-order valence-electron chi connectivity index (χ0n) is 14.9. The molecule has 4 atom stereocenters. The topological polar surface area (TPSA) is 43.4 Å². The summed E-state index contributed by atoms with van der Waals surface area (Å²) in [5.41, 5.74) is 3.84. The maximum absolute atomic E-state index is 12.4. The van der Waals surface area contributed by atoms with Gasteiger partial charge >= 0.3 is 5.97 Å². The highest BCUT2D eigenvalue weighted by atomic mass is 16.5. The van der Waals surface area contributed by atoms with Crippen LogP contribution in [0.4, 0.5) is 0 Å². The monoisotopic (exact) mass is 326 g/mol. The van der Waals surface area contributed by atoms with Gasteiger partial charge in [-0.25, -0.2) is 0 Å². The van der Waals surface area contributed by atoms with Gasteiger partial charge in [-0.15, -0.1) is 0 Å². The van der Waals surface area contributed by atoms with Crippen LogP contribution < -0.4 is 4.74 Å². The summed E-state index contributed by atoms with van der Waals surface area (Å²) >= 11 is 0. The fourth-order valence-electron chi connectivity index (χ4n) is 5.86. The number of hydrogen-bond acceptors (Lipinski definition) is 3. The smallest absolute Gasteiger partial charge is 0.308 e. The first-order valence-corrected chi connectivity index (χ1v) is 9.26. The predicted molar refractivity (Wildman–Crippen MR) is 92.1 cm³/mol. The minimum absolute atomic E-state index is 0.107. The molecule has 0 spiro atoms. The van der Waals surface area contributed by atoms with Gasteiger partial charge in [0.1, 0.15) is 11.5 Å². The second-order valence-corrected chi connectivity index (χ2v) is 8.20. The van der Waals surface area contributed by atoms with Gasteiger partial charge in [-0.05, 0) is 74.0 Å². The van der Waals surface area contributed by atoms with Gasteiger partial charge < -0.3 is 4.74 Å². The van der Waals surface area contributed by atoms with Crippen LogP contribution in [0.1, 0.15) is 68.6 Å². The molecule has 0 aromatic heterocycles. The summed E-state index contributed by atoms with van der Waals surface area (Å²) < 4.78 is 5.57. The number of carbonyl (C=O) groups excluding carboxylic acids is 2. The average Bonchev–Trinajstić information content (AvgIpc) is 2.85. The molecule has 0 amide bonds. The van der Waals surface area contributed by atoms with E-state index in [1.165, 1.54) is 23.6 Å². The molecule has 3 aliphatic carbocycles. The lowest BCUT2D eigenvalue weighted by Gasteiger charge is -2.48. The number of fused-ring (bicyclic) bond motifs is 5. The molecule has 4 rings (SSSR count). The van der Waals surface area contributed by atoms with Crippen molar-refractivity contribution in [1.82, 2.24) is 0 Å². The normalized spacial score (nSPS) is 34.3. The largest absolute Gasteiger partial charge is 0.426 e. The second-order valence-electron chi connectivity index (χ2n) is 8.20. The van der Waals surface area contributed by atoms with Crippen molar-refractivity contribution < 1.29 is 14.3 Å². The third kappa shape index (κ3) is 2.17. The van der Waals surface area contributed by atoms with Crippen LogP contribution in [0.3, 0.4) is 0 Å². The average molecular weight is 326 g/mol. The number of rotatable bonds is 1. The van der Waals surface area contributed by atoms with Gasteiger partial charge in [0.25, 0.3) is 0 Å². The number of esters is 1. The lowest BCUT2D eigenvalue weighted by molar-refractivity contribution is -0.132. The standard InChI is InChI=1S/C21H26O3/c1-12-4-8-18(24-13(2)22)20-14(12)5-6-15-16(20)10-11-21(3)17(15)7-9-19(21)23/h4,8,15-17H,5-7,9-11H2,1-3H3/t15-,16+,17+,21+/m1/s1. The Bertz CT molecular complexity index is 720. The van der Waals surface area contributed by atoms with E-state index >= 15 is 0 Å². The Hall–Kier alpha value is -1.64. The molecule has 3 aliphatic rings. The Morgan fingerprint density at radius 3 is 2.75 bits per heavy atom. The maximum Gasteiger partial charge on any atom is 0.308 e. The van der Waals surface area contributed by atoms with Crippen LogP contribution in [-0.4, -0.2) is 11.8 Å². The van der Waals surface area contributed by atoms with E-state index in [0.717, 1.165) is 44.3 Å². The van der Waals surface area contributed by atoms with E-state index in [9.17, 15) is 9.59 Å². The maximum atomic E-state index is 12.4. The molecule has 2 fully saturated rings. The molecule has 128 valence electrons. The minimum Gasteiger partial charge on any atom is -0.426 e. The SMILES string of the molecule is CC(=O)Oc1ccc(C)c2c1[C@H]1CC[C@]3(C)C(=O)CC[C@H]3[C@@H]1CC2. The minimum atomic E-state index is -0.250. The Kier molecular flexibility index (Phi) is 3.59. The van der Waals surface area contributed by atoms with E-state index in [4.69, 9.17) is 4.74 Å². The number of carbonyl (C=O) groups is 2. The van der Waals surface area contributed by atoms with Crippen molar-refractivity contribution in [3.05, 3.63) is 28.8 Å². The molecule has 0 radical (unpaired) electrons. The number of aryl methyl sites for hydroxylation is 1. The van der Waals surface area contributed by atoms with Gasteiger partial charge in [0.15, 0.2) is 0 Å². The van der Waals surface area contributed by atoms with Crippen molar-refractivity contribution in [3.63, 3.8) is 0 Å². The molecule has 1 aromatic rings. The van der Waals surface area contributed by atoms with Crippen molar-refractivity contribution in [1.29, 1.82) is 0 Å². The van der Waals surface area contributed by atoms with Gasteiger partial charge in [0.2, 0.25) is 0 Å². The van der Waals surface area contributed by atoms with E-state index in [1.54, 1.807) is 0 Å². The number of ketones is 1. The van der Waals surface area contributed by atoms with Crippen molar-refractivity contribution in [3.8, 4) is 5.75 Å². The number of benzene rings is 1. The number of ether oxygens (including phenoxy) is 1. The molecule has 0 N–H and O–H groups in total. The molecule has 1 aromatic carbocycles. The number of hydrogen-bond donors (Lipinski definition) is 0. The summed E-state index contributed by atoms with van der Waals surface area (Å²) in [5, 5.41) is 0. The van der Waals surface area contributed by atoms with Gasteiger partial charge in [0.05, 0.1) is 0 Å². The third-order valence-corrected chi connectivity index (χ3v) is 7.05. The van der Waals surface area contributed by atoms with Crippen LogP contribution in [0.25, 0.3) is 0 Å². The summed E-state index contributed by atoms with van der Waals surface area (Å²) in [5.74, 6) is 2.47. The Balaban J connectivity index is 1.78. The van der Waals surface area contributed by atoms with E-state index in [0.29, 0.717) is 23.5 Å². The number of Topliss-reactive ketones (excluding diaryl/α,β-unsaturated/α-hetero) is 1. The Morgan fingerprint density at radius 2 is 2.00 bits per heavy atom. The second kappa shape index (κ2) is 5.44. The molecule has 0 saturated heterocycles. The summed E-state index contributed by atoms with van der Waals surface area (Å²) in [6, 6.07) is 4.04. The Labute approximate surface area is 143 Å². The molecule has 0 aliphatic heterocycles. The zero-order chi connectivity index (χ0) is 17.1. The molecule has 0 bridgehead atoms. The molecule has 24 heavy (non-hydrogen) atoms. The van der Waals surface area contributed by atoms with Crippen LogP contribution in [0.5, 0.6) is 5.75 Å². The highest BCUT2D eigenvalue weighted by Gasteiger charge is 2.55. The molecular weight excluding hydrogens is 300 g/mol. The van der Waals surface area contributed by atoms with E-state index in [2.05, 4.69) is 19.9 Å². The molecular formula is C21H26O3. The van der Waals surface area contributed by atoms with Crippen molar-refractivity contribution in [2.75, 3.05) is 0 Å². The Morgan fingerprint density at radius 1 is 1.21 bits per heavy atom. The fourth-order valence-corrected chi connectivity index (χ4v) is 5.86. The zero-order valence-corrected chi connectivity index (χ0v) is 14.9. The van der Waals surface area contributed by atoms with Crippen LogP contribution in [0.2, 0.25) is 0 Å². The first-order chi connectivity index (χ1) is 11.4. The molecule has 0 heterocycles. The van der Waals surface area contributed by atoms with Gasteiger partial charge in [-0.1, -0.05) is 13.0 Å². The summed E-state index contributed by atoms with van der Waals surface area (Å²) in [6.07, 6.45) is 6.01. The van der Waals surface area contributed by atoms with Gasteiger partial charge in [0, 0.05) is 24.3 Å². The van der Waals surface area contributed by atoms with E-state index in [-0.39, 0.29) is 11.4 Å². The fraction of sp³-hybridized carbons (Fsp3) is 0.619. The van der Waals surface area contributed by atoms with Crippen LogP contribution in [0, 0.1) is 24.2 Å². The summed E-state index contributed by atoms with van der Waals surface area (Å²) in [7, 11) is 0. The molecule has 3 heteroatoms. The lowest BCUT2D eigenvalue weighted by atomic mass is 9.55. The van der Waals surface area contributed by atoms with Crippen LogP contribution in [0.15, 0.2) is 12.1 Å². The predicted octanol–water partition coefficient (Wildman–Crippen LogP) is 4.35. The van der Waals surface area contributed by atoms with Crippen molar-refractivity contribution in [2.24, 2.45) is 17.3 Å². The molecule has 0 unspecified atom stereocenters. The van der Waals surface area contributed by atoms with Crippen molar-refractivity contribution >= 4 is 11.8 Å². The highest BCUT2D eigenvalue weighted by Crippen LogP contribution is 2.60. The molecule has 2 saturated carbocycles. The van der Waals surface area contributed by atoms with Crippen LogP contribution >= 0.6 is 0 Å². The van der Waals surface area contributed by atoms with E-state index in [1.807, 2.05) is 6.07 Å². The first-order valence-electron chi connectivity index (χ1n) is 9.26. The van der Waals surface area contributed by atoms with Gasteiger partial charge in [-0.2, -0.15) is 0 Å². The lowest BCUT2D eigenvalue weighted by Crippen LogP contribution is -2.42. The first kappa shape index (κ1) is 15.9. The summed E-state index contributed by atoms with van der Waals surface area (Å²) in [4.78, 5) is 24.0. The highest BCUT2D eigenvalue weighted by molar-refractivity contribution is 5.87. The quantitative estimate of drug-likeness (QED) is 0.569.